The molecule has 1 unspecified atom stereocenters. The number of pyridine rings is 1. The standard InChI is InChI=1S/C22H28N4O2/c1-25(15-16-10-11-23-19-9-5-4-8-18(16)19)21(27)14-20-22(28)24-12-13-26(20)17-6-2-3-7-17/h4-5,8-11,17,20H,2-3,6-7,12-15H2,1H3,(H,24,28). The number of nitrogens with zero attached hydrogens (tertiary/aromatic N) is 3. The molecule has 2 heterocycles. The molecule has 148 valence electrons. The molecule has 1 aromatic carbocycles. The van der Waals surface area contributed by atoms with E-state index in [1.807, 2.05) is 37.4 Å². The summed E-state index contributed by atoms with van der Waals surface area (Å²) in [5.41, 5.74) is 2.00. The van der Waals surface area contributed by atoms with E-state index in [2.05, 4.69) is 15.2 Å². The van der Waals surface area contributed by atoms with Gasteiger partial charge in [-0.15, -0.1) is 0 Å². The van der Waals surface area contributed by atoms with Crippen molar-refractivity contribution in [1.82, 2.24) is 20.1 Å². The van der Waals surface area contributed by atoms with Crippen LogP contribution in [0.4, 0.5) is 0 Å². The molecule has 0 bridgehead atoms. The van der Waals surface area contributed by atoms with E-state index < -0.39 is 0 Å². The van der Waals surface area contributed by atoms with Crippen LogP contribution < -0.4 is 5.32 Å². The predicted octanol–water partition coefficient (Wildman–Crippen LogP) is 2.33. The largest absolute Gasteiger partial charge is 0.353 e. The maximum Gasteiger partial charge on any atom is 0.237 e. The molecule has 28 heavy (non-hydrogen) atoms. The fourth-order valence-electron chi connectivity index (χ4n) is 4.57. The van der Waals surface area contributed by atoms with Crippen molar-refractivity contribution in [3.63, 3.8) is 0 Å². The van der Waals surface area contributed by atoms with Gasteiger partial charge >= 0.3 is 0 Å². The highest BCUT2D eigenvalue weighted by atomic mass is 16.2. The molecule has 1 atom stereocenters. The fourth-order valence-corrected chi connectivity index (χ4v) is 4.57. The van der Waals surface area contributed by atoms with Gasteiger partial charge < -0.3 is 10.2 Å². The molecule has 1 N–H and O–H groups in total. The number of piperazine rings is 1. The van der Waals surface area contributed by atoms with Gasteiger partial charge in [0.25, 0.3) is 0 Å². The highest BCUT2D eigenvalue weighted by Gasteiger charge is 2.37. The van der Waals surface area contributed by atoms with Crippen LogP contribution in [0.25, 0.3) is 10.9 Å². The van der Waals surface area contributed by atoms with E-state index in [1.54, 1.807) is 11.1 Å². The van der Waals surface area contributed by atoms with E-state index >= 15 is 0 Å². The van der Waals surface area contributed by atoms with Crippen molar-refractivity contribution >= 4 is 22.7 Å². The summed E-state index contributed by atoms with van der Waals surface area (Å²) in [6.07, 6.45) is 6.73. The van der Waals surface area contributed by atoms with Gasteiger partial charge in [0.15, 0.2) is 0 Å². The van der Waals surface area contributed by atoms with Crippen molar-refractivity contribution in [1.29, 1.82) is 0 Å². The molecule has 6 heteroatoms. The number of para-hydroxylation sites is 1. The molecule has 6 nitrogen and oxygen atoms in total. The van der Waals surface area contributed by atoms with Crippen LogP contribution >= 0.6 is 0 Å². The Hall–Kier alpha value is -2.47. The minimum absolute atomic E-state index is 0.00531. The maximum absolute atomic E-state index is 13.0. The van der Waals surface area contributed by atoms with Gasteiger partial charge in [0.05, 0.1) is 18.0 Å². The first-order chi connectivity index (χ1) is 13.6. The van der Waals surface area contributed by atoms with Gasteiger partial charge in [-0.05, 0) is 30.5 Å². The number of benzene rings is 1. The zero-order chi connectivity index (χ0) is 19.5. The number of nitrogens with one attached hydrogen (secondary N) is 1. The third-order valence-corrected chi connectivity index (χ3v) is 6.11. The van der Waals surface area contributed by atoms with Crippen molar-refractivity contribution in [2.45, 2.75) is 50.7 Å². The monoisotopic (exact) mass is 380 g/mol. The van der Waals surface area contributed by atoms with Gasteiger partial charge in [-0.1, -0.05) is 31.0 Å². The van der Waals surface area contributed by atoms with E-state index in [1.165, 1.54) is 12.8 Å². The Balaban J connectivity index is 1.46. The summed E-state index contributed by atoms with van der Waals surface area (Å²) in [7, 11) is 1.82. The molecule has 2 aliphatic rings. The van der Waals surface area contributed by atoms with Gasteiger partial charge in [0.2, 0.25) is 11.8 Å². The topological polar surface area (TPSA) is 65.5 Å². The van der Waals surface area contributed by atoms with Crippen LogP contribution in [0.3, 0.4) is 0 Å². The maximum atomic E-state index is 13.0. The summed E-state index contributed by atoms with van der Waals surface area (Å²) in [6, 6.07) is 10.0. The summed E-state index contributed by atoms with van der Waals surface area (Å²) in [6.45, 7) is 2.03. The molecule has 0 spiro atoms. The van der Waals surface area contributed by atoms with E-state index in [4.69, 9.17) is 0 Å². The molecular formula is C22H28N4O2. The Labute approximate surface area is 165 Å². The van der Waals surface area contributed by atoms with Crippen LogP contribution in [-0.4, -0.2) is 58.8 Å². The lowest BCUT2D eigenvalue weighted by molar-refractivity contribution is -0.139. The first-order valence-electron chi connectivity index (χ1n) is 10.2. The lowest BCUT2D eigenvalue weighted by atomic mass is 10.0. The Morgan fingerprint density at radius 3 is 2.86 bits per heavy atom. The second-order valence-corrected chi connectivity index (χ2v) is 7.92. The highest BCUT2D eigenvalue weighted by Crippen LogP contribution is 2.27. The summed E-state index contributed by atoms with van der Waals surface area (Å²) in [4.78, 5) is 33.9. The van der Waals surface area contributed by atoms with Gasteiger partial charge in [-0.3, -0.25) is 19.5 Å². The molecule has 1 aliphatic carbocycles. The number of amides is 2. The van der Waals surface area contributed by atoms with Crippen molar-refractivity contribution < 1.29 is 9.59 Å². The molecule has 1 saturated carbocycles. The zero-order valence-electron chi connectivity index (χ0n) is 16.4. The van der Waals surface area contributed by atoms with Crippen LogP contribution in [0.5, 0.6) is 0 Å². The van der Waals surface area contributed by atoms with Gasteiger partial charge in [-0.2, -0.15) is 0 Å². The molecular weight excluding hydrogens is 352 g/mol. The lowest BCUT2D eigenvalue weighted by Gasteiger charge is -2.39. The second kappa shape index (κ2) is 8.27. The second-order valence-electron chi connectivity index (χ2n) is 7.92. The van der Waals surface area contributed by atoms with E-state index in [9.17, 15) is 9.59 Å². The third kappa shape index (κ3) is 3.87. The summed E-state index contributed by atoms with van der Waals surface area (Å²) in [5.74, 6) is 0.000186. The molecule has 1 aromatic heterocycles. The Bertz CT molecular complexity index is 857. The average molecular weight is 380 g/mol. The molecule has 2 fully saturated rings. The third-order valence-electron chi connectivity index (χ3n) is 6.11. The molecule has 4 rings (SSSR count). The first kappa shape index (κ1) is 18.9. The number of rotatable bonds is 5. The van der Waals surface area contributed by atoms with Gasteiger partial charge in [-0.25, -0.2) is 0 Å². The van der Waals surface area contributed by atoms with Crippen LogP contribution in [0, 0.1) is 0 Å². The number of hydrogen-bond acceptors (Lipinski definition) is 4. The van der Waals surface area contributed by atoms with Crippen molar-refractivity contribution in [3.8, 4) is 0 Å². The Morgan fingerprint density at radius 2 is 2.04 bits per heavy atom. The van der Waals surface area contributed by atoms with Gasteiger partial charge in [0, 0.05) is 44.3 Å². The van der Waals surface area contributed by atoms with E-state index in [0.29, 0.717) is 19.1 Å². The summed E-state index contributed by atoms with van der Waals surface area (Å²) >= 11 is 0. The fraction of sp³-hybridized carbons (Fsp3) is 0.500. The highest BCUT2D eigenvalue weighted by molar-refractivity contribution is 5.89. The minimum atomic E-state index is -0.346. The van der Waals surface area contributed by atoms with Gasteiger partial charge in [0.1, 0.15) is 0 Å². The minimum Gasteiger partial charge on any atom is -0.353 e. The predicted molar refractivity (Wildman–Crippen MR) is 109 cm³/mol. The number of hydrogen-bond donors (Lipinski definition) is 1. The zero-order valence-corrected chi connectivity index (χ0v) is 16.4. The SMILES string of the molecule is CN(Cc1ccnc2ccccc12)C(=O)CC1C(=O)NCCN1C1CCCC1. The average Bonchev–Trinajstić information content (AvgIpc) is 3.24. The molecule has 2 aromatic rings. The number of carbonyl (C=O) groups is 2. The smallest absolute Gasteiger partial charge is 0.237 e. The molecule has 1 saturated heterocycles. The Morgan fingerprint density at radius 1 is 1.25 bits per heavy atom. The lowest BCUT2D eigenvalue weighted by Crippen LogP contribution is -2.59. The van der Waals surface area contributed by atoms with Crippen molar-refractivity contribution in [2.75, 3.05) is 20.1 Å². The number of aromatic nitrogens is 1. The quantitative estimate of drug-likeness (QED) is 0.865. The van der Waals surface area contributed by atoms with Crippen LogP contribution in [0.15, 0.2) is 36.5 Å². The Kier molecular flexibility index (Phi) is 5.57. The van der Waals surface area contributed by atoms with Crippen LogP contribution in [-0.2, 0) is 16.1 Å². The first-order valence-corrected chi connectivity index (χ1v) is 10.2. The summed E-state index contributed by atoms with van der Waals surface area (Å²) < 4.78 is 0. The van der Waals surface area contributed by atoms with Crippen molar-refractivity contribution in [3.05, 3.63) is 42.1 Å². The summed E-state index contributed by atoms with van der Waals surface area (Å²) in [5, 5.41) is 4.01. The van der Waals surface area contributed by atoms with E-state index in [-0.39, 0.29) is 24.3 Å². The molecule has 0 radical (unpaired) electrons. The normalized spacial score (nSPS) is 21.0. The van der Waals surface area contributed by atoms with E-state index in [0.717, 1.165) is 35.9 Å². The van der Waals surface area contributed by atoms with Crippen LogP contribution in [0.2, 0.25) is 0 Å². The molecule has 1 aliphatic heterocycles. The number of carbonyl (C=O) groups excluding carboxylic acids is 2. The van der Waals surface area contributed by atoms with Crippen LogP contribution in [0.1, 0.15) is 37.7 Å². The molecule has 2 amide bonds. The van der Waals surface area contributed by atoms with Crippen molar-refractivity contribution in [2.24, 2.45) is 0 Å². The number of fused-ring (bicyclic) bond motifs is 1.